The molecule has 4 aromatic rings. The van der Waals surface area contributed by atoms with E-state index in [-0.39, 0.29) is 5.91 Å². The maximum Gasteiger partial charge on any atom is 0.256 e. The second kappa shape index (κ2) is 7.77. The Morgan fingerprint density at radius 1 is 0.938 bits per heavy atom. The van der Waals surface area contributed by atoms with Crippen LogP contribution in [0.3, 0.4) is 0 Å². The summed E-state index contributed by atoms with van der Waals surface area (Å²) in [6.45, 7) is 0. The van der Waals surface area contributed by atoms with Gasteiger partial charge in [-0.2, -0.15) is 0 Å². The Morgan fingerprint density at radius 2 is 1.66 bits per heavy atom. The Morgan fingerprint density at radius 3 is 2.38 bits per heavy atom. The number of nitrogens with one attached hydrogen (secondary N) is 1. The number of ether oxygens (including phenoxy) is 3. The predicted octanol–water partition coefficient (Wildman–Crippen LogP) is 4.52. The van der Waals surface area contributed by atoms with Gasteiger partial charge in [-0.15, -0.1) is 0 Å². The van der Waals surface area contributed by atoms with Crippen molar-refractivity contribution < 1.29 is 19.0 Å². The Bertz CT molecular complexity index is 1360. The van der Waals surface area contributed by atoms with Gasteiger partial charge in [0.05, 0.1) is 38.1 Å². The van der Waals surface area contributed by atoms with E-state index in [1.54, 1.807) is 21.3 Å². The number of hydrogen-bond donors (Lipinski definition) is 1. The van der Waals surface area contributed by atoms with Gasteiger partial charge in [0.2, 0.25) is 5.75 Å². The van der Waals surface area contributed by atoms with Crippen LogP contribution in [0.25, 0.3) is 28.6 Å². The van der Waals surface area contributed by atoms with Crippen molar-refractivity contribution in [2.45, 2.75) is 0 Å². The molecule has 0 aliphatic carbocycles. The summed E-state index contributed by atoms with van der Waals surface area (Å²) >= 11 is 0. The molecule has 32 heavy (non-hydrogen) atoms. The van der Waals surface area contributed by atoms with Crippen molar-refractivity contribution in [3.05, 3.63) is 72.1 Å². The number of methoxy groups -OCH3 is 3. The number of amides is 1. The molecule has 1 N–H and O–H groups in total. The lowest BCUT2D eigenvalue weighted by atomic mass is 10.1. The molecule has 2 aromatic heterocycles. The van der Waals surface area contributed by atoms with Crippen molar-refractivity contribution >= 4 is 28.8 Å². The largest absolute Gasteiger partial charge is 0.493 e. The van der Waals surface area contributed by atoms with Gasteiger partial charge in [-0.25, -0.2) is 4.98 Å². The van der Waals surface area contributed by atoms with Crippen LogP contribution in [-0.4, -0.2) is 36.6 Å². The zero-order chi connectivity index (χ0) is 22.2. The van der Waals surface area contributed by atoms with Crippen molar-refractivity contribution in [2.75, 3.05) is 26.6 Å². The molecule has 0 saturated carbocycles. The zero-order valence-electron chi connectivity index (χ0n) is 17.9. The maximum atomic E-state index is 12.6. The van der Waals surface area contributed by atoms with Crippen molar-refractivity contribution in [1.29, 1.82) is 0 Å². The number of carbonyl (C=O) groups excluding carboxylic acids is 1. The predicted molar refractivity (Wildman–Crippen MR) is 123 cm³/mol. The van der Waals surface area contributed by atoms with Gasteiger partial charge < -0.3 is 19.5 Å². The van der Waals surface area contributed by atoms with Crippen LogP contribution in [0.2, 0.25) is 0 Å². The van der Waals surface area contributed by atoms with E-state index in [1.807, 2.05) is 71.3 Å². The number of nitrogens with zero attached hydrogens (tertiary/aromatic N) is 2. The van der Waals surface area contributed by atoms with Crippen molar-refractivity contribution in [3.8, 4) is 28.6 Å². The lowest BCUT2D eigenvalue weighted by Crippen LogP contribution is -2.03. The quantitative estimate of drug-likeness (QED) is 0.474. The fourth-order valence-corrected chi connectivity index (χ4v) is 4.00. The van der Waals surface area contributed by atoms with E-state index < -0.39 is 0 Å². The summed E-state index contributed by atoms with van der Waals surface area (Å²) in [5.41, 5.74) is 4.61. The summed E-state index contributed by atoms with van der Waals surface area (Å²) < 4.78 is 18.4. The number of aromatic nitrogens is 2. The molecule has 1 aliphatic rings. The van der Waals surface area contributed by atoms with E-state index in [9.17, 15) is 4.79 Å². The number of fused-ring (bicyclic) bond motifs is 2. The molecular formula is C25H21N3O4. The van der Waals surface area contributed by atoms with Gasteiger partial charge in [0.25, 0.3) is 5.91 Å². The normalized spacial score (nSPS) is 13.8. The molecule has 0 saturated heterocycles. The number of anilines is 1. The van der Waals surface area contributed by atoms with E-state index >= 15 is 0 Å². The third-order valence-corrected chi connectivity index (χ3v) is 5.49. The Kier molecular flexibility index (Phi) is 4.78. The number of para-hydroxylation sites is 1. The summed E-state index contributed by atoms with van der Waals surface area (Å²) in [4.78, 5) is 17.5. The second-order valence-corrected chi connectivity index (χ2v) is 7.25. The SMILES string of the molecule is COc1cc(-c2nc(/C=C3/C(=O)Nc4ccccc43)c3ccccn23)cc(OC)c1OC. The Labute approximate surface area is 184 Å². The van der Waals surface area contributed by atoms with Gasteiger partial charge in [0.1, 0.15) is 5.82 Å². The standard InChI is InChI=1S/C25H21N3O4/c1-30-21-12-15(13-22(31-2)23(21)32-3)24-26-19(20-10-6-7-11-28(20)24)14-17-16-8-4-5-9-18(16)27-25(17)29/h4-14H,1-3H3,(H,27,29)/b17-14+. The van der Waals surface area contributed by atoms with E-state index in [0.717, 1.165) is 22.3 Å². The van der Waals surface area contributed by atoms with Gasteiger partial charge in [0, 0.05) is 23.0 Å². The third kappa shape index (κ3) is 3.06. The third-order valence-electron chi connectivity index (χ3n) is 5.49. The molecule has 160 valence electrons. The number of pyridine rings is 1. The molecule has 3 heterocycles. The minimum atomic E-state index is -0.141. The zero-order valence-corrected chi connectivity index (χ0v) is 17.9. The minimum Gasteiger partial charge on any atom is -0.493 e. The lowest BCUT2D eigenvalue weighted by Gasteiger charge is -2.13. The minimum absolute atomic E-state index is 0.141. The maximum absolute atomic E-state index is 12.6. The molecule has 0 radical (unpaired) electrons. The van der Waals surface area contributed by atoms with Crippen LogP contribution in [0.15, 0.2) is 60.8 Å². The number of rotatable bonds is 5. The van der Waals surface area contributed by atoms with Crippen molar-refractivity contribution in [3.63, 3.8) is 0 Å². The van der Waals surface area contributed by atoms with Gasteiger partial charge in [0.15, 0.2) is 11.5 Å². The number of imidazole rings is 1. The number of benzene rings is 2. The topological polar surface area (TPSA) is 74.1 Å². The highest BCUT2D eigenvalue weighted by atomic mass is 16.5. The lowest BCUT2D eigenvalue weighted by molar-refractivity contribution is -0.110. The molecule has 0 spiro atoms. The van der Waals surface area contributed by atoms with Gasteiger partial charge in [-0.1, -0.05) is 24.3 Å². The average molecular weight is 427 g/mol. The number of carbonyl (C=O) groups is 1. The van der Waals surface area contributed by atoms with E-state index in [1.165, 1.54) is 0 Å². The molecule has 0 fully saturated rings. The Balaban J connectivity index is 1.71. The van der Waals surface area contributed by atoms with Crippen LogP contribution >= 0.6 is 0 Å². The molecule has 7 heteroatoms. The molecule has 0 atom stereocenters. The van der Waals surface area contributed by atoms with Crippen molar-refractivity contribution in [2.24, 2.45) is 0 Å². The highest BCUT2D eigenvalue weighted by Crippen LogP contribution is 2.41. The first-order valence-electron chi connectivity index (χ1n) is 10.0. The average Bonchev–Trinajstić information content (AvgIpc) is 3.36. The first kappa shape index (κ1) is 19.7. The summed E-state index contributed by atoms with van der Waals surface area (Å²) in [5, 5.41) is 2.91. The molecule has 0 bridgehead atoms. The summed E-state index contributed by atoms with van der Waals surface area (Å²) in [7, 11) is 4.73. The van der Waals surface area contributed by atoms with Crippen LogP contribution in [0, 0.1) is 0 Å². The highest BCUT2D eigenvalue weighted by molar-refractivity contribution is 6.35. The van der Waals surface area contributed by atoms with E-state index in [4.69, 9.17) is 19.2 Å². The van der Waals surface area contributed by atoms with Crippen LogP contribution < -0.4 is 19.5 Å². The first-order valence-corrected chi connectivity index (χ1v) is 10.0. The van der Waals surface area contributed by atoms with Crippen LogP contribution in [-0.2, 0) is 4.79 Å². The monoisotopic (exact) mass is 427 g/mol. The molecule has 2 aromatic carbocycles. The highest BCUT2D eigenvalue weighted by Gasteiger charge is 2.25. The first-order chi connectivity index (χ1) is 15.6. The van der Waals surface area contributed by atoms with Gasteiger partial charge in [-0.3, -0.25) is 9.20 Å². The number of hydrogen-bond acceptors (Lipinski definition) is 5. The van der Waals surface area contributed by atoms with Crippen LogP contribution in [0.4, 0.5) is 5.69 Å². The molecule has 5 rings (SSSR count). The Hall–Kier alpha value is -4.26. The molecule has 0 unspecified atom stereocenters. The van der Waals surface area contributed by atoms with Gasteiger partial charge in [-0.05, 0) is 36.4 Å². The summed E-state index contributed by atoms with van der Waals surface area (Å²) in [6, 6.07) is 17.2. The van der Waals surface area contributed by atoms with Crippen LogP contribution in [0.5, 0.6) is 17.2 Å². The smallest absolute Gasteiger partial charge is 0.256 e. The van der Waals surface area contributed by atoms with E-state index in [2.05, 4.69) is 5.32 Å². The van der Waals surface area contributed by atoms with Crippen molar-refractivity contribution in [1.82, 2.24) is 9.38 Å². The summed E-state index contributed by atoms with van der Waals surface area (Å²) in [5.74, 6) is 2.15. The molecule has 7 nitrogen and oxygen atoms in total. The fraction of sp³-hybridized carbons (Fsp3) is 0.120. The molecule has 1 amide bonds. The van der Waals surface area contributed by atoms with Gasteiger partial charge >= 0.3 is 0 Å². The van der Waals surface area contributed by atoms with E-state index in [0.29, 0.717) is 34.3 Å². The van der Waals surface area contributed by atoms with Crippen LogP contribution in [0.1, 0.15) is 11.3 Å². The fourth-order valence-electron chi connectivity index (χ4n) is 4.00. The molecule has 1 aliphatic heterocycles. The second-order valence-electron chi connectivity index (χ2n) is 7.25. The summed E-state index contributed by atoms with van der Waals surface area (Å²) in [6.07, 6.45) is 3.77. The molecular weight excluding hydrogens is 406 g/mol.